The first kappa shape index (κ1) is 12.6. The minimum Gasteiger partial charge on any atom is -0.399 e. The number of hydrogen-bond donors (Lipinski definition) is 2. The van der Waals surface area contributed by atoms with E-state index < -0.39 is 0 Å². The second-order valence-electron chi connectivity index (χ2n) is 4.38. The van der Waals surface area contributed by atoms with Crippen LogP contribution in [0.2, 0.25) is 0 Å². The zero-order chi connectivity index (χ0) is 13.9. The lowest BCUT2D eigenvalue weighted by Crippen LogP contribution is -1.87. The lowest BCUT2D eigenvalue weighted by molar-refractivity contribution is 1.08. The fourth-order valence-electron chi connectivity index (χ4n) is 1.97. The average molecular weight is 280 g/mol. The first-order chi connectivity index (χ1) is 9.76. The number of benzene rings is 2. The maximum atomic E-state index is 9.06. The van der Waals surface area contributed by atoms with Gasteiger partial charge in [-0.25, -0.2) is 4.98 Å². The van der Waals surface area contributed by atoms with E-state index in [1.807, 2.05) is 42.5 Å². The summed E-state index contributed by atoms with van der Waals surface area (Å²) in [4.78, 5) is 7.73. The topological polar surface area (TPSA) is 78.5 Å². The summed E-state index contributed by atoms with van der Waals surface area (Å²) in [7, 11) is 0. The number of nitrogens with one attached hydrogen (secondary N) is 1. The molecule has 0 unspecified atom stereocenters. The molecular weight excluding hydrogens is 268 g/mol. The molecule has 0 radical (unpaired) electrons. The molecule has 1 heterocycles. The van der Waals surface area contributed by atoms with Gasteiger partial charge in [0.2, 0.25) is 0 Å². The molecule has 0 saturated heterocycles. The Labute approximate surface area is 120 Å². The molecule has 3 N–H and O–H groups in total. The van der Waals surface area contributed by atoms with Crippen LogP contribution in [0.1, 0.15) is 11.1 Å². The van der Waals surface area contributed by atoms with Crippen molar-refractivity contribution in [1.82, 2.24) is 9.97 Å². The van der Waals surface area contributed by atoms with Gasteiger partial charge in [0.15, 0.2) is 5.16 Å². The van der Waals surface area contributed by atoms with Crippen molar-refractivity contribution < 1.29 is 0 Å². The Hall–Kier alpha value is -2.45. The number of hydrogen-bond acceptors (Lipinski definition) is 4. The molecule has 0 atom stereocenters. The summed E-state index contributed by atoms with van der Waals surface area (Å²) in [5, 5.41) is 9.90. The van der Waals surface area contributed by atoms with Crippen LogP contribution >= 0.6 is 11.8 Å². The lowest BCUT2D eigenvalue weighted by Gasteiger charge is -2.01. The molecule has 0 aliphatic rings. The summed E-state index contributed by atoms with van der Waals surface area (Å²) in [6.45, 7) is 0. The molecule has 0 aliphatic heterocycles. The molecule has 2 aromatic carbocycles. The van der Waals surface area contributed by atoms with Gasteiger partial charge >= 0.3 is 0 Å². The van der Waals surface area contributed by atoms with E-state index in [2.05, 4.69) is 16.0 Å². The molecule has 5 heteroatoms. The van der Waals surface area contributed by atoms with Crippen molar-refractivity contribution in [3.8, 4) is 6.07 Å². The second-order valence-corrected chi connectivity index (χ2v) is 5.34. The van der Waals surface area contributed by atoms with Crippen LogP contribution in [-0.2, 0) is 5.75 Å². The number of nitrogen functional groups attached to an aromatic ring is 1. The fourth-order valence-corrected chi connectivity index (χ4v) is 2.86. The summed E-state index contributed by atoms with van der Waals surface area (Å²) in [6.07, 6.45) is 0. The van der Waals surface area contributed by atoms with Crippen molar-refractivity contribution in [3.05, 3.63) is 53.6 Å². The molecule has 98 valence electrons. The Kier molecular flexibility index (Phi) is 3.32. The molecule has 0 bridgehead atoms. The molecule has 1 aromatic heterocycles. The van der Waals surface area contributed by atoms with E-state index in [1.54, 1.807) is 11.8 Å². The lowest BCUT2D eigenvalue weighted by atomic mass is 10.1. The summed E-state index contributed by atoms with van der Waals surface area (Å²) in [5.74, 6) is 0.707. The fraction of sp³-hybridized carbons (Fsp3) is 0.0667. The van der Waals surface area contributed by atoms with Gasteiger partial charge in [-0.3, -0.25) is 0 Å². The zero-order valence-corrected chi connectivity index (χ0v) is 11.4. The molecule has 0 saturated carbocycles. The predicted molar refractivity (Wildman–Crippen MR) is 81.2 cm³/mol. The van der Waals surface area contributed by atoms with Crippen molar-refractivity contribution in [2.45, 2.75) is 10.9 Å². The highest BCUT2D eigenvalue weighted by molar-refractivity contribution is 7.98. The summed E-state index contributed by atoms with van der Waals surface area (Å²) < 4.78 is 0. The Morgan fingerprint density at radius 1 is 1.25 bits per heavy atom. The van der Waals surface area contributed by atoms with Crippen molar-refractivity contribution in [1.29, 1.82) is 5.26 Å². The Morgan fingerprint density at radius 2 is 2.10 bits per heavy atom. The van der Waals surface area contributed by atoms with E-state index >= 15 is 0 Å². The van der Waals surface area contributed by atoms with Gasteiger partial charge < -0.3 is 10.7 Å². The van der Waals surface area contributed by atoms with Gasteiger partial charge in [0.25, 0.3) is 0 Å². The van der Waals surface area contributed by atoms with Crippen molar-refractivity contribution >= 4 is 28.5 Å². The second kappa shape index (κ2) is 5.27. The van der Waals surface area contributed by atoms with Gasteiger partial charge in [-0.1, -0.05) is 30.0 Å². The Balaban J connectivity index is 1.82. The number of nitrogens with two attached hydrogens (primary N) is 1. The van der Waals surface area contributed by atoms with Crippen molar-refractivity contribution in [2.75, 3.05) is 5.73 Å². The van der Waals surface area contributed by atoms with Gasteiger partial charge in [-0.05, 0) is 29.8 Å². The van der Waals surface area contributed by atoms with Crippen LogP contribution in [0.5, 0.6) is 0 Å². The molecular formula is C15H12N4S. The third kappa shape index (κ3) is 2.46. The van der Waals surface area contributed by atoms with Crippen LogP contribution in [0.25, 0.3) is 11.0 Å². The van der Waals surface area contributed by atoms with Crippen LogP contribution in [0.15, 0.2) is 47.6 Å². The highest BCUT2D eigenvalue weighted by Gasteiger charge is 2.06. The van der Waals surface area contributed by atoms with Crippen molar-refractivity contribution in [2.24, 2.45) is 0 Å². The number of nitrogens with zero attached hydrogens (tertiary/aromatic N) is 2. The monoisotopic (exact) mass is 280 g/mol. The quantitative estimate of drug-likeness (QED) is 0.570. The smallest absolute Gasteiger partial charge is 0.166 e. The number of thioether (sulfide) groups is 1. The van der Waals surface area contributed by atoms with Crippen LogP contribution < -0.4 is 5.73 Å². The zero-order valence-electron chi connectivity index (χ0n) is 10.6. The molecule has 20 heavy (non-hydrogen) atoms. The van der Waals surface area contributed by atoms with Gasteiger partial charge in [-0.2, -0.15) is 5.26 Å². The van der Waals surface area contributed by atoms with Crippen LogP contribution in [-0.4, -0.2) is 9.97 Å². The Bertz CT molecular complexity index is 801. The number of aromatic amines is 1. The summed E-state index contributed by atoms with van der Waals surface area (Å²) in [6, 6.07) is 15.4. The van der Waals surface area contributed by atoms with Gasteiger partial charge in [0.05, 0.1) is 22.7 Å². The number of fused-ring (bicyclic) bond motifs is 1. The third-order valence-corrected chi connectivity index (χ3v) is 3.91. The number of rotatable bonds is 3. The third-order valence-electron chi connectivity index (χ3n) is 2.99. The maximum Gasteiger partial charge on any atom is 0.166 e. The first-order valence-corrected chi connectivity index (χ1v) is 7.11. The van der Waals surface area contributed by atoms with Crippen molar-refractivity contribution in [3.63, 3.8) is 0 Å². The maximum absolute atomic E-state index is 9.06. The molecule has 0 amide bonds. The van der Waals surface area contributed by atoms with Gasteiger partial charge in [0, 0.05) is 11.4 Å². The normalized spacial score (nSPS) is 10.6. The van der Waals surface area contributed by atoms with E-state index in [1.165, 1.54) is 0 Å². The first-order valence-electron chi connectivity index (χ1n) is 6.12. The van der Waals surface area contributed by atoms with E-state index in [0.29, 0.717) is 17.0 Å². The minimum atomic E-state index is 0.707. The Morgan fingerprint density at radius 3 is 2.95 bits per heavy atom. The molecule has 0 aliphatic carbocycles. The van der Waals surface area contributed by atoms with Gasteiger partial charge in [-0.15, -0.1) is 0 Å². The standard InChI is InChI=1S/C15H12N4S/c16-8-10-3-1-2-4-11(10)9-20-15-18-13-6-5-12(17)7-14(13)19-15/h1-7H,9,17H2,(H,18,19). The summed E-state index contributed by atoms with van der Waals surface area (Å²) >= 11 is 1.58. The highest BCUT2D eigenvalue weighted by Crippen LogP contribution is 2.25. The number of aromatic nitrogens is 2. The van der Waals surface area contributed by atoms with E-state index in [0.717, 1.165) is 21.8 Å². The largest absolute Gasteiger partial charge is 0.399 e. The SMILES string of the molecule is N#Cc1ccccc1CSc1nc2ccc(N)cc2[nH]1. The molecule has 3 aromatic rings. The number of imidazole rings is 1. The number of anilines is 1. The number of H-pyrrole nitrogens is 1. The summed E-state index contributed by atoms with van der Waals surface area (Å²) in [5.41, 5.74) is 10.0. The minimum absolute atomic E-state index is 0.707. The van der Waals surface area contributed by atoms with Crippen LogP contribution in [0.4, 0.5) is 5.69 Å². The highest BCUT2D eigenvalue weighted by atomic mass is 32.2. The van der Waals surface area contributed by atoms with E-state index in [9.17, 15) is 0 Å². The van der Waals surface area contributed by atoms with Gasteiger partial charge in [0.1, 0.15) is 0 Å². The van der Waals surface area contributed by atoms with Crippen LogP contribution in [0, 0.1) is 11.3 Å². The molecule has 4 nitrogen and oxygen atoms in total. The predicted octanol–water partition coefficient (Wildman–Crippen LogP) is 3.31. The molecule has 3 rings (SSSR count). The van der Waals surface area contributed by atoms with Crippen LogP contribution in [0.3, 0.4) is 0 Å². The van der Waals surface area contributed by atoms with E-state index in [-0.39, 0.29) is 0 Å². The average Bonchev–Trinajstić information content (AvgIpc) is 2.87. The molecule has 0 fully saturated rings. The molecule has 0 spiro atoms. The van der Waals surface area contributed by atoms with E-state index in [4.69, 9.17) is 11.0 Å². The number of nitriles is 1.